The van der Waals surface area contributed by atoms with Crippen LogP contribution >= 0.6 is 0 Å². The molecule has 2 aliphatic rings. The predicted molar refractivity (Wildman–Crippen MR) is 77.1 cm³/mol. The maximum absolute atomic E-state index is 12.6. The van der Waals surface area contributed by atoms with E-state index in [4.69, 9.17) is 0 Å². The molecular formula is C15H24N4O. The van der Waals surface area contributed by atoms with Crippen LogP contribution in [0.1, 0.15) is 44.0 Å². The Labute approximate surface area is 120 Å². The molecule has 1 aromatic heterocycles. The Morgan fingerprint density at radius 1 is 1.35 bits per heavy atom. The molecule has 1 fully saturated rings. The molecule has 1 aliphatic heterocycles. The molecule has 2 heterocycles. The summed E-state index contributed by atoms with van der Waals surface area (Å²) < 4.78 is 0. The second-order valence-corrected chi connectivity index (χ2v) is 6.33. The van der Waals surface area contributed by atoms with E-state index in [-0.39, 0.29) is 11.9 Å². The van der Waals surface area contributed by atoms with Crippen LogP contribution in [-0.4, -0.2) is 39.9 Å². The van der Waals surface area contributed by atoms with Crippen molar-refractivity contribution < 1.29 is 4.79 Å². The van der Waals surface area contributed by atoms with Crippen molar-refractivity contribution >= 4 is 5.91 Å². The Hall–Kier alpha value is -1.36. The molecule has 1 saturated carbocycles. The van der Waals surface area contributed by atoms with E-state index in [1.165, 1.54) is 12.8 Å². The molecule has 0 bridgehead atoms. The SMILES string of the molecule is CC1CCC(N(C)C(=O)C2Cc3nc[nH]c3CN2)CC1. The number of rotatable bonds is 2. The molecule has 1 aliphatic carbocycles. The summed E-state index contributed by atoms with van der Waals surface area (Å²) in [6.07, 6.45) is 7.18. The fraction of sp³-hybridized carbons (Fsp3) is 0.733. The Balaban J connectivity index is 1.61. The molecule has 3 rings (SSSR count). The van der Waals surface area contributed by atoms with Gasteiger partial charge in [-0.1, -0.05) is 6.92 Å². The molecule has 2 N–H and O–H groups in total. The molecule has 110 valence electrons. The van der Waals surface area contributed by atoms with Crippen LogP contribution in [-0.2, 0) is 17.8 Å². The third kappa shape index (κ3) is 2.59. The van der Waals surface area contributed by atoms with Gasteiger partial charge in [0.15, 0.2) is 0 Å². The predicted octanol–water partition coefficient (Wildman–Crippen LogP) is 1.46. The summed E-state index contributed by atoms with van der Waals surface area (Å²) in [7, 11) is 1.96. The highest BCUT2D eigenvalue weighted by Gasteiger charge is 2.32. The molecular weight excluding hydrogens is 252 g/mol. The monoisotopic (exact) mass is 276 g/mol. The molecule has 1 aromatic rings. The van der Waals surface area contributed by atoms with Crippen LogP contribution in [0.15, 0.2) is 6.33 Å². The van der Waals surface area contributed by atoms with Crippen molar-refractivity contribution in [3.8, 4) is 0 Å². The Bertz CT molecular complexity index is 476. The fourth-order valence-electron chi connectivity index (χ4n) is 3.40. The average molecular weight is 276 g/mol. The van der Waals surface area contributed by atoms with E-state index >= 15 is 0 Å². The van der Waals surface area contributed by atoms with Gasteiger partial charge in [0.25, 0.3) is 0 Å². The molecule has 1 unspecified atom stereocenters. The van der Waals surface area contributed by atoms with Crippen molar-refractivity contribution in [2.24, 2.45) is 5.92 Å². The van der Waals surface area contributed by atoms with Crippen LogP contribution in [0.2, 0.25) is 0 Å². The van der Waals surface area contributed by atoms with Gasteiger partial charge in [0.05, 0.1) is 23.8 Å². The lowest BCUT2D eigenvalue weighted by Crippen LogP contribution is -2.51. The molecule has 0 spiro atoms. The molecule has 5 heteroatoms. The van der Waals surface area contributed by atoms with E-state index in [0.29, 0.717) is 19.0 Å². The van der Waals surface area contributed by atoms with Crippen molar-refractivity contribution in [3.63, 3.8) is 0 Å². The first-order chi connectivity index (χ1) is 9.65. The van der Waals surface area contributed by atoms with Crippen LogP contribution in [0.4, 0.5) is 0 Å². The highest BCUT2D eigenvalue weighted by Crippen LogP contribution is 2.27. The van der Waals surface area contributed by atoms with Gasteiger partial charge in [-0.2, -0.15) is 0 Å². The number of amides is 1. The lowest BCUT2D eigenvalue weighted by Gasteiger charge is -2.36. The Morgan fingerprint density at radius 3 is 2.85 bits per heavy atom. The maximum atomic E-state index is 12.6. The Kier molecular flexibility index (Phi) is 3.78. The van der Waals surface area contributed by atoms with E-state index in [9.17, 15) is 4.79 Å². The molecule has 0 radical (unpaired) electrons. The van der Waals surface area contributed by atoms with E-state index in [1.807, 2.05) is 11.9 Å². The second kappa shape index (κ2) is 5.56. The van der Waals surface area contributed by atoms with Gasteiger partial charge in [0.2, 0.25) is 5.91 Å². The minimum atomic E-state index is -0.116. The van der Waals surface area contributed by atoms with Crippen molar-refractivity contribution in [2.75, 3.05) is 7.05 Å². The number of nitrogens with zero attached hydrogens (tertiary/aromatic N) is 2. The zero-order chi connectivity index (χ0) is 14.1. The fourth-order valence-corrected chi connectivity index (χ4v) is 3.40. The first-order valence-electron chi connectivity index (χ1n) is 7.66. The average Bonchev–Trinajstić information content (AvgIpc) is 2.94. The molecule has 0 saturated heterocycles. The molecule has 5 nitrogen and oxygen atoms in total. The number of aromatic amines is 1. The van der Waals surface area contributed by atoms with Crippen LogP contribution in [0.25, 0.3) is 0 Å². The van der Waals surface area contributed by atoms with E-state index in [2.05, 4.69) is 22.2 Å². The number of hydrogen-bond donors (Lipinski definition) is 2. The smallest absolute Gasteiger partial charge is 0.240 e. The number of hydrogen-bond acceptors (Lipinski definition) is 3. The summed E-state index contributed by atoms with van der Waals surface area (Å²) in [5.41, 5.74) is 2.15. The van der Waals surface area contributed by atoms with Gasteiger partial charge in [-0.05, 0) is 31.6 Å². The largest absolute Gasteiger partial charge is 0.347 e. The van der Waals surface area contributed by atoms with Crippen LogP contribution < -0.4 is 5.32 Å². The van der Waals surface area contributed by atoms with Gasteiger partial charge >= 0.3 is 0 Å². The highest BCUT2D eigenvalue weighted by atomic mass is 16.2. The van der Waals surface area contributed by atoms with Crippen molar-refractivity contribution in [1.82, 2.24) is 20.2 Å². The zero-order valence-corrected chi connectivity index (χ0v) is 12.4. The van der Waals surface area contributed by atoms with Gasteiger partial charge < -0.3 is 9.88 Å². The first-order valence-corrected chi connectivity index (χ1v) is 7.66. The lowest BCUT2D eigenvalue weighted by molar-refractivity contribution is -0.135. The minimum Gasteiger partial charge on any atom is -0.347 e. The summed E-state index contributed by atoms with van der Waals surface area (Å²) in [5, 5.41) is 3.33. The number of nitrogens with one attached hydrogen (secondary N) is 2. The second-order valence-electron chi connectivity index (χ2n) is 6.33. The number of fused-ring (bicyclic) bond motifs is 1. The van der Waals surface area contributed by atoms with Gasteiger partial charge in [0, 0.05) is 26.1 Å². The summed E-state index contributed by atoms with van der Waals surface area (Å²) in [5.74, 6) is 1.03. The summed E-state index contributed by atoms with van der Waals surface area (Å²) in [6.45, 7) is 3.01. The van der Waals surface area contributed by atoms with E-state index in [0.717, 1.165) is 30.1 Å². The normalized spacial score (nSPS) is 29.8. The molecule has 0 aromatic carbocycles. The number of aromatic nitrogens is 2. The van der Waals surface area contributed by atoms with Crippen LogP contribution in [0.5, 0.6) is 0 Å². The number of carbonyl (C=O) groups is 1. The van der Waals surface area contributed by atoms with E-state index in [1.54, 1.807) is 6.33 Å². The number of H-pyrrole nitrogens is 1. The van der Waals surface area contributed by atoms with Crippen molar-refractivity contribution in [1.29, 1.82) is 0 Å². The van der Waals surface area contributed by atoms with Crippen LogP contribution in [0, 0.1) is 5.92 Å². The summed E-state index contributed by atoms with van der Waals surface area (Å²) >= 11 is 0. The third-order valence-electron chi connectivity index (χ3n) is 4.91. The molecule has 1 amide bonds. The maximum Gasteiger partial charge on any atom is 0.240 e. The molecule has 20 heavy (non-hydrogen) atoms. The lowest BCUT2D eigenvalue weighted by atomic mass is 9.86. The Morgan fingerprint density at radius 2 is 2.10 bits per heavy atom. The topological polar surface area (TPSA) is 61.0 Å². The summed E-state index contributed by atoms with van der Waals surface area (Å²) in [4.78, 5) is 22.0. The molecule has 1 atom stereocenters. The number of carbonyl (C=O) groups excluding carboxylic acids is 1. The minimum absolute atomic E-state index is 0.116. The van der Waals surface area contributed by atoms with Gasteiger partial charge in [-0.3, -0.25) is 10.1 Å². The van der Waals surface area contributed by atoms with Crippen LogP contribution in [0.3, 0.4) is 0 Å². The zero-order valence-electron chi connectivity index (χ0n) is 12.4. The van der Waals surface area contributed by atoms with Gasteiger partial charge in [-0.25, -0.2) is 4.98 Å². The number of imidazole rings is 1. The number of likely N-dealkylation sites (N-methyl/N-ethyl adjacent to an activating group) is 1. The van der Waals surface area contributed by atoms with Crippen molar-refractivity contribution in [2.45, 2.75) is 57.7 Å². The van der Waals surface area contributed by atoms with Gasteiger partial charge in [-0.15, -0.1) is 0 Å². The van der Waals surface area contributed by atoms with E-state index < -0.39 is 0 Å². The third-order valence-corrected chi connectivity index (χ3v) is 4.91. The quantitative estimate of drug-likeness (QED) is 0.859. The first kappa shape index (κ1) is 13.6. The highest BCUT2D eigenvalue weighted by molar-refractivity contribution is 5.82. The standard InChI is InChI=1S/C15H24N4O/c1-10-3-5-11(6-4-10)19(2)15(20)13-7-12-14(8-16-13)18-9-17-12/h9-11,13,16H,3-8H2,1-2H3,(H,17,18). The summed E-state index contributed by atoms with van der Waals surface area (Å²) in [6, 6.07) is 0.302. The van der Waals surface area contributed by atoms with Gasteiger partial charge in [0.1, 0.15) is 0 Å². The van der Waals surface area contributed by atoms with Crippen molar-refractivity contribution in [3.05, 3.63) is 17.7 Å².